The lowest BCUT2D eigenvalue weighted by Gasteiger charge is -2.41. The van der Waals surface area contributed by atoms with Crippen molar-refractivity contribution in [2.45, 2.75) is 37.4 Å². The van der Waals surface area contributed by atoms with E-state index < -0.39 is 17.4 Å². The Bertz CT molecular complexity index is 547. The maximum absolute atomic E-state index is 14.0. The van der Waals surface area contributed by atoms with Crippen molar-refractivity contribution in [3.63, 3.8) is 0 Å². The summed E-state index contributed by atoms with van der Waals surface area (Å²) in [6, 6.07) is 4.56. The Morgan fingerprint density at radius 3 is 2.71 bits per heavy atom. The van der Waals surface area contributed by atoms with E-state index in [-0.39, 0.29) is 25.1 Å². The summed E-state index contributed by atoms with van der Waals surface area (Å²) in [5.41, 5.74) is -1.69. The summed E-state index contributed by atoms with van der Waals surface area (Å²) < 4.78 is 33.0. The summed E-state index contributed by atoms with van der Waals surface area (Å²) in [5, 5.41) is 12.2. The molecular weight excluding hydrogens is 304 g/mol. The van der Waals surface area contributed by atoms with Crippen LogP contribution in [0.4, 0.5) is 14.5 Å². The average Bonchev–Trinajstić information content (AvgIpc) is 2.39. The van der Waals surface area contributed by atoms with Gasteiger partial charge in [-0.1, -0.05) is 17.7 Å². The van der Waals surface area contributed by atoms with Crippen molar-refractivity contribution in [1.29, 1.82) is 0 Å². The molecule has 4 nitrogen and oxygen atoms in total. The molecule has 0 heterocycles. The number of ether oxygens (including phenoxy) is 1. The highest BCUT2D eigenvalue weighted by molar-refractivity contribution is 6.31. The number of alkyl halides is 2. The zero-order chi connectivity index (χ0) is 15.7. The molecule has 0 aromatic heterocycles. The minimum absolute atomic E-state index is 0.0745. The molecule has 0 bridgehead atoms. The predicted octanol–water partition coefficient (Wildman–Crippen LogP) is 2.98. The highest BCUT2D eigenvalue weighted by Crippen LogP contribution is 2.44. The molecule has 1 aliphatic rings. The van der Waals surface area contributed by atoms with E-state index in [2.05, 4.69) is 5.32 Å². The number of aliphatic hydroxyl groups is 1. The fourth-order valence-electron chi connectivity index (χ4n) is 2.20. The van der Waals surface area contributed by atoms with Gasteiger partial charge < -0.3 is 15.2 Å². The van der Waals surface area contributed by atoms with Crippen LogP contribution < -0.4 is 5.32 Å². The van der Waals surface area contributed by atoms with E-state index in [1.165, 1.54) is 19.2 Å². The molecule has 1 fully saturated rings. The van der Waals surface area contributed by atoms with Crippen LogP contribution in [-0.4, -0.2) is 29.6 Å². The smallest absolute Gasteiger partial charge is 0.352 e. The number of methoxy groups -OCH3 is 1. The maximum atomic E-state index is 14.0. The van der Waals surface area contributed by atoms with Crippen molar-refractivity contribution in [2.75, 3.05) is 12.4 Å². The van der Waals surface area contributed by atoms with E-state index in [0.29, 0.717) is 17.0 Å². The van der Waals surface area contributed by atoms with Crippen molar-refractivity contribution in [3.05, 3.63) is 28.8 Å². The van der Waals surface area contributed by atoms with E-state index in [9.17, 15) is 18.7 Å². The minimum atomic E-state index is -3.85. The summed E-state index contributed by atoms with van der Waals surface area (Å²) in [7, 11) is 1.43. The van der Waals surface area contributed by atoms with Crippen molar-refractivity contribution in [3.8, 4) is 0 Å². The third-order valence-corrected chi connectivity index (χ3v) is 4.06. The Morgan fingerprint density at radius 1 is 1.52 bits per heavy atom. The van der Waals surface area contributed by atoms with E-state index in [0.717, 1.165) is 0 Å². The second-order valence-corrected chi connectivity index (χ2v) is 5.52. The molecule has 21 heavy (non-hydrogen) atoms. The Labute approximate surface area is 126 Å². The zero-order valence-corrected chi connectivity index (χ0v) is 12.2. The van der Waals surface area contributed by atoms with Crippen LogP contribution >= 0.6 is 11.6 Å². The average molecular weight is 320 g/mol. The van der Waals surface area contributed by atoms with Gasteiger partial charge in [-0.05, 0) is 31.4 Å². The van der Waals surface area contributed by atoms with Crippen molar-refractivity contribution in [2.24, 2.45) is 0 Å². The molecule has 1 aromatic rings. The van der Waals surface area contributed by atoms with Gasteiger partial charge in [0.05, 0.1) is 6.61 Å². The second-order valence-electron chi connectivity index (χ2n) is 5.11. The van der Waals surface area contributed by atoms with E-state index in [4.69, 9.17) is 16.3 Å². The number of hydrogen-bond acceptors (Lipinski definition) is 3. The van der Waals surface area contributed by atoms with Gasteiger partial charge in [0.15, 0.2) is 0 Å². The molecule has 2 N–H and O–H groups in total. The first kappa shape index (κ1) is 16.1. The van der Waals surface area contributed by atoms with Crippen LogP contribution in [0, 0.1) is 0 Å². The number of hydrogen-bond donors (Lipinski definition) is 2. The number of nitrogens with one attached hydrogen (secondary N) is 1. The van der Waals surface area contributed by atoms with Gasteiger partial charge >= 0.3 is 5.92 Å². The van der Waals surface area contributed by atoms with Gasteiger partial charge in [-0.2, -0.15) is 8.78 Å². The SMILES string of the molecule is COCc1c(Cl)cccc1NC(=O)C(F)(F)C1(O)CCC1. The zero-order valence-electron chi connectivity index (χ0n) is 11.5. The molecule has 0 saturated heterocycles. The molecule has 0 spiro atoms. The summed E-state index contributed by atoms with van der Waals surface area (Å²) in [4.78, 5) is 11.8. The number of halogens is 3. The summed E-state index contributed by atoms with van der Waals surface area (Å²) in [6.45, 7) is 0.0745. The highest BCUT2D eigenvalue weighted by atomic mass is 35.5. The van der Waals surface area contributed by atoms with Crippen molar-refractivity contribution in [1.82, 2.24) is 0 Å². The van der Waals surface area contributed by atoms with Crippen molar-refractivity contribution < 1.29 is 23.4 Å². The van der Waals surface area contributed by atoms with E-state index >= 15 is 0 Å². The first-order valence-electron chi connectivity index (χ1n) is 6.50. The van der Waals surface area contributed by atoms with Gasteiger partial charge in [0, 0.05) is 23.4 Å². The van der Waals surface area contributed by atoms with Gasteiger partial charge in [-0.25, -0.2) is 0 Å². The molecular formula is C14H16ClF2NO3. The molecule has 2 rings (SSSR count). The number of rotatable bonds is 5. The van der Waals surface area contributed by atoms with Gasteiger partial charge in [0.2, 0.25) is 0 Å². The monoisotopic (exact) mass is 319 g/mol. The van der Waals surface area contributed by atoms with Gasteiger partial charge in [0.1, 0.15) is 5.60 Å². The first-order chi connectivity index (χ1) is 9.82. The molecule has 0 radical (unpaired) electrons. The molecule has 116 valence electrons. The number of carbonyl (C=O) groups excluding carboxylic acids is 1. The molecule has 7 heteroatoms. The summed E-state index contributed by atoms with van der Waals surface area (Å²) >= 11 is 5.97. The highest BCUT2D eigenvalue weighted by Gasteiger charge is 2.61. The van der Waals surface area contributed by atoms with Crippen molar-refractivity contribution >= 4 is 23.2 Å². The topological polar surface area (TPSA) is 58.6 Å². The Morgan fingerprint density at radius 2 is 2.19 bits per heavy atom. The first-order valence-corrected chi connectivity index (χ1v) is 6.87. The lowest BCUT2D eigenvalue weighted by molar-refractivity contribution is -0.212. The molecule has 0 unspecified atom stereocenters. The second kappa shape index (κ2) is 5.87. The molecule has 1 aliphatic carbocycles. The third-order valence-electron chi connectivity index (χ3n) is 3.71. The standard InChI is InChI=1S/C14H16ClF2NO3/c1-21-8-9-10(15)4-2-5-11(9)18-12(19)14(16,17)13(20)6-3-7-13/h2,4-5,20H,3,6-8H2,1H3,(H,18,19). The summed E-state index contributed by atoms with van der Waals surface area (Å²) in [5.74, 6) is -5.39. The third kappa shape index (κ3) is 2.88. The number of carbonyl (C=O) groups is 1. The summed E-state index contributed by atoms with van der Waals surface area (Å²) in [6.07, 6.45) is 0.299. The quantitative estimate of drug-likeness (QED) is 0.877. The molecule has 1 aromatic carbocycles. The number of benzene rings is 1. The lowest BCUT2D eigenvalue weighted by atomic mass is 9.75. The van der Waals surface area contributed by atoms with E-state index in [1.807, 2.05) is 0 Å². The number of anilines is 1. The van der Waals surface area contributed by atoms with Crippen LogP contribution in [0.3, 0.4) is 0 Å². The van der Waals surface area contributed by atoms with Crippen LogP contribution in [0.15, 0.2) is 18.2 Å². The molecule has 1 saturated carbocycles. The van der Waals surface area contributed by atoms with E-state index in [1.54, 1.807) is 6.07 Å². The van der Waals surface area contributed by atoms with Crippen LogP contribution in [0.1, 0.15) is 24.8 Å². The molecule has 0 aliphatic heterocycles. The fourth-order valence-corrected chi connectivity index (χ4v) is 2.43. The molecule has 0 atom stereocenters. The predicted molar refractivity (Wildman–Crippen MR) is 74.5 cm³/mol. The van der Waals surface area contributed by atoms with Gasteiger partial charge in [-0.3, -0.25) is 4.79 Å². The maximum Gasteiger partial charge on any atom is 0.352 e. The molecule has 1 amide bonds. The lowest BCUT2D eigenvalue weighted by Crippen LogP contribution is -2.59. The van der Waals surface area contributed by atoms with Crippen LogP contribution in [0.2, 0.25) is 5.02 Å². The van der Waals surface area contributed by atoms with Crippen LogP contribution in [-0.2, 0) is 16.1 Å². The van der Waals surface area contributed by atoms with Crippen LogP contribution in [0.25, 0.3) is 0 Å². The fraction of sp³-hybridized carbons (Fsp3) is 0.500. The minimum Gasteiger partial charge on any atom is -0.383 e. The Hall–Kier alpha value is -1.24. The van der Waals surface area contributed by atoms with Gasteiger partial charge in [-0.15, -0.1) is 0 Å². The van der Waals surface area contributed by atoms with Crippen LogP contribution in [0.5, 0.6) is 0 Å². The Balaban J connectivity index is 2.22. The number of amides is 1. The van der Waals surface area contributed by atoms with Gasteiger partial charge in [0.25, 0.3) is 5.91 Å². The Kier molecular flexibility index (Phi) is 4.51. The normalized spacial score (nSPS) is 17.2. The largest absolute Gasteiger partial charge is 0.383 e.